The van der Waals surface area contributed by atoms with Crippen LogP contribution in [0.15, 0.2) is 64.6 Å². The molecule has 1 aliphatic heterocycles. The van der Waals surface area contributed by atoms with Gasteiger partial charge in [-0.05, 0) is 29.4 Å². The number of carboxylic acid groups (broad SMARTS) is 1. The van der Waals surface area contributed by atoms with E-state index in [0.29, 0.717) is 4.31 Å². The fraction of sp³-hybridized carbons (Fsp3) is 0.125. The average molecular weight is 362 g/mol. The molecule has 1 amide bonds. The summed E-state index contributed by atoms with van der Waals surface area (Å²) in [7, 11) is -4.42. The zero-order valence-electron chi connectivity index (χ0n) is 12.9. The Balaban J connectivity index is 2.14. The molecule has 0 saturated heterocycles. The molecule has 3 rings (SSSR count). The first-order valence-corrected chi connectivity index (χ1v) is 8.71. The van der Waals surface area contributed by atoms with Crippen LogP contribution in [0.25, 0.3) is 0 Å². The number of nitrogens with zero attached hydrogens (tertiary/aromatic N) is 2. The summed E-state index contributed by atoms with van der Waals surface area (Å²) in [5.74, 6) is -0.0103. The molecule has 1 heterocycles. The molecular weight excluding hydrogens is 348 g/mol. The number of ether oxygens (including phenoxy) is 1. The molecule has 0 saturated carbocycles. The molecule has 2 aromatic rings. The van der Waals surface area contributed by atoms with Crippen molar-refractivity contribution in [2.24, 2.45) is 5.16 Å². The molecule has 9 heteroatoms. The van der Waals surface area contributed by atoms with Gasteiger partial charge in [-0.3, -0.25) is 0 Å². The normalized spacial score (nSPS) is 14.0. The molecule has 0 bridgehead atoms. The molecule has 0 atom stereocenters. The van der Waals surface area contributed by atoms with Gasteiger partial charge >= 0.3 is 6.09 Å². The number of carbonyl (C=O) groups is 1. The maximum Gasteiger partial charge on any atom is 0.426 e. The molecule has 8 nitrogen and oxygen atoms in total. The Morgan fingerprint density at radius 3 is 2.36 bits per heavy atom. The van der Waals surface area contributed by atoms with Crippen molar-refractivity contribution in [3.63, 3.8) is 0 Å². The predicted octanol–water partition coefficient (Wildman–Crippen LogP) is 2.27. The third-order valence-electron chi connectivity index (χ3n) is 3.36. The second-order valence-electron chi connectivity index (χ2n) is 4.96. The van der Waals surface area contributed by atoms with Crippen LogP contribution in [0.4, 0.5) is 10.5 Å². The first-order chi connectivity index (χ1) is 12.0. The van der Waals surface area contributed by atoms with E-state index in [9.17, 15) is 18.3 Å². The Bertz CT molecular complexity index is 911. The van der Waals surface area contributed by atoms with Crippen molar-refractivity contribution in [1.29, 1.82) is 0 Å². The van der Waals surface area contributed by atoms with E-state index in [1.54, 1.807) is 24.3 Å². The Labute approximate surface area is 143 Å². The monoisotopic (exact) mass is 362 g/mol. The highest BCUT2D eigenvalue weighted by Crippen LogP contribution is 2.27. The van der Waals surface area contributed by atoms with E-state index in [2.05, 4.69) is 5.16 Å². The highest BCUT2D eigenvalue weighted by Gasteiger charge is 2.34. The molecule has 1 aliphatic rings. The highest BCUT2D eigenvalue weighted by atomic mass is 32.2. The second-order valence-corrected chi connectivity index (χ2v) is 6.72. The first kappa shape index (κ1) is 16.8. The first-order valence-electron chi connectivity index (χ1n) is 7.27. The number of amides is 1. The predicted molar refractivity (Wildman–Crippen MR) is 89.0 cm³/mol. The fourth-order valence-corrected chi connectivity index (χ4v) is 3.80. The van der Waals surface area contributed by atoms with Crippen molar-refractivity contribution in [2.45, 2.75) is 4.90 Å². The number of sulfonamides is 1. The average Bonchev–Trinajstić information content (AvgIpc) is 2.63. The third kappa shape index (κ3) is 3.26. The van der Waals surface area contributed by atoms with Crippen LogP contribution in [-0.4, -0.2) is 38.7 Å². The summed E-state index contributed by atoms with van der Waals surface area (Å²) in [6, 6.07) is 13.4. The molecule has 0 spiro atoms. The van der Waals surface area contributed by atoms with Gasteiger partial charge in [0.2, 0.25) is 0 Å². The molecule has 2 aromatic carbocycles. The van der Waals surface area contributed by atoms with Gasteiger partial charge in [0.15, 0.2) is 6.61 Å². The van der Waals surface area contributed by atoms with Gasteiger partial charge in [0, 0.05) is 0 Å². The largest absolute Gasteiger partial charge is 0.471 e. The van der Waals surface area contributed by atoms with E-state index in [0.717, 1.165) is 0 Å². The van der Waals surface area contributed by atoms with Crippen LogP contribution >= 0.6 is 0 Å². The lowest BCUT2D eigenvalue weighted by molar-refractivity contribution is 0.0653. The number of hydrogen-bond acceptors (Lipinski definition) is 6. The Morgan fingerprint density at radius 2 is 1.72 bits per heavy atom. The minimum Gasteiger partial charge on any atom is -0.471 e. The van der Waals surface area contributed by atoms with Crippen LogP contribution in [0, 0.1) is 0 Å². The molecule has 25 heavy (non-hydrogen) atoms. The van der Waals surface area contributed by atoms with Gasteiger partial charge in [-0.2, -0.15) is 4.31 Å². The van der Waals surface area contributed by atoms with Gasteiger partial charge in [-0.1, -0.05) is 30.3 Å². The smallest absolute Gasteiger partial charge is 0.426 e. The summed E-state index contributed by atoms with van der Waals surface area (Å²) in [4.78, 5) is 16.4. The van der Waals surface area contributed by atoms with Crippen molar-refractivity contribution < 1.29 is 27.9 Å². The highest BCUT2D eigenvalue weighted by molar-refractivity contribution is 7.93. The molecule has 130 valence electrons. The van der Waals surface area contributed by atoms with Gasteiger partial charge in [0.05, 0.1) is 11.3 Å². The zero-order chi connectivity index (χ0) is 17.9. The Kier molecular flexibility index (Phi) is 4.57. The molecule has 0 aromatic heterocycles. The molecule has 0 unspecified atom stereocenters. The molecule has 0 aliphatic carbocycles. The molecule has 0 fully saturated rings. The SMILES string of the molecule is O=C(O)N(c1ccccc1)S(=O)(=O)c1ccccc1C1=NOCCO1. The quantitative estimate of drug-likeness (QED) is 0.894. The number of anilines is 1. The fourth-order valence-electron chi connectivity index (χ4n) is 2.32. The van der Waals surface area contributed by atoms with Crippen LogP contribution < -0.4 is 4.31 Å². The summed E-state index contributed by atoms with van der Waals surface area (Å²) in [6.45, 7) is 0.470. The maximum atomic E-state index is 13.0. The standard InChI is InChI=1S/C16H14N2O6S/c19-16(20)18(12-6-2-1-3-7-12)25(21,22)14-9-5-4-8-13(14)15-17-24-11-10-23-15/h1-9H,10-11H2,(H,19,20). The number of para-hydroxylation sites is 1. The number of rotatable bonds is 4. The van der Waals surface area contributed by atoms with Crippen LogP contribution in [0.2, 0.25) is 0 Å². The van der Waals surface area contributed by atoms with E-state index in [1.807, 2.05) is 0 Å². The number of hydrogen-bond donors (Lipinski definition) is 1. The lowest BCUT2D eigenvalue weighted by atomic mass is 10.2. The summed E-state index contributed by atoms with van der Waals surface area (Å²) in [5.41, 5.74) is 0.136. The van der Waals surface area contributed by atoms with Crippen LogP contribution in [-0.2, 0) is 19.6 Å². The van der Waals surface area contributed by atoms with Crippen molar-refractivity contribution in [1.82, 2.24) is 0 Å². The van der Waals surface area contributed by atoms with Crippen LogP contribution in [0.1, 0.15) is 5.56 Å². The zero-order valence-corrected chi connectivity index (χ0v) is 13.7. The second kappa shape index (κ2) is 6.81. The maximum absolute atomic E-state index is 13.0. The number of benzene rings is 2. The van der Waals surface area contributed by atoms with E-state index >= 15 is 0 Å². The van der Waals surface area contributed by atoms with Gasteiger partial charge in [-0.15, -0.1) is 0 Å². The van der Waals surface area contributed by atoms with Crippen LogP contribution in [0.5, 0.6) is 0 Å². The summed E-state index contributed by atoms with van der Waals surface area (Å²) >= 11 is 0. The Morgan fingerprint density at radius 1 is 1.04 bits per heavy atom. The summed E-state index contributed by atoms with van der Waals surface area (Å²) in [6.07, 6.45) is -1.62. The van der Waals surface area contributed by atoms with Crippen molar-refractivity contribution in [3.8, 4) is 0 Å². The lowest BCUT2D eigenvalue weighted by Gasteiger charge is -2.22. The Hall–Kier alpha value is -3.07. The van der Waals surface area contributed by atoms with Gasteiger partial charge in [0.25, 0.3) is 15.9 Å². The molecule has 1 N–H and O–H groups in total. The van der Waals surface area contributed by atoms with Crippen molar-refractivity contribution in [3.05, 3.63) is 60.2 Å². The van der Waals surface area contributed by atoms with Gasteiger partial charge in [-0.25, -0.2) is 13.2 Å². The third-order valence-corrected chi connectivity index (χ3v) is 5.12. The van der Waals surface area contributed by atoms with E-state index in [-0.39, 0.29) is 35.3 Å². The minimum absolute atomic E-state index is 0.00699. The van der Waals surface area contributed by atoms with E-state index < -0.39 is 16.1 Å². The topological polar surface area (TPSA) is 106 Å². The molecule has 0 radical (unpaired) electrons. The minimum atomic E-state index is -4.42. The summed E-state index contributed by atoms with van der Waals surface area (Å²) in [5, 5.41) is 13.2. The van der Waals surface area contributed by atoms with Crippen molar-refractivity contribution >= 4 is 27.7 Å². The molecular formula is C16H14N2O6S. The van der Waals surface area contributed by atoms with Gasteiger partial charge in [0.1, 0.15) is 11.5 Å². The van der Waals surface area contributed by atoms with E-state index in [4.69, 9.17) is 9.57 Å². The van der Waals surface area contributed by atoms with E-state index in [1.165, 1.54) is 30.3 Å². The van der Waals surface area contributed by atoms with Crippen molar-refractivity contribution in [2.75, 3.05) is 17.5 Å². The van der Waals surface area contributed by atoms with Crippen LogP contribution in [0.3, 0.4) is 0 Å². The lowest BCUT2D eigenvalue weighted by Crippen LogP contribution is -2.36. The van der Waals surface area contributed by atoms with Gasteiger partial charge < -0.3 is 14.7 Å². The number of oxime groups is 1. The summed E-state index contributed by atoms with van der Waals surface area (Å²) < 4.78 is 31.7.